The minimum Gasteiger partial charge on any atom is -0.338 e. The molecule has 128 valence electrons. The number of nitrogens with one attached hydrogen (secondary N) is 1. The van der Waals surface area contributed by atoms with E-state index in [0.717, 1.165) is 49.1 Å². The molecule has 0 spiro atoms. The Morgan fingerprint density at radius 3 is 2.96 bits per heavy atom. The molecule has 1 saturated heterocycles. The number of aryl methyl sites for hydroxylation is 1. The van der Waals surface area contributed by atoms with Crippen molar-refractivity contribution in [2.24, 2.45) is 5.92 Å². The van der Waals surface area contributed by atoms with E-state index in [-0.39, 0.29) is 5.91 Å². The predicted molar refractivity (Wildman–Crippen MR) is 95.2 cm³/mol. The Morgan fingerprint density at radius 2 is 2.12 bits per heavy atom. The van der Waals surface area contributed by atoms with Gasteiger partial charge in [-0.2, -0.15) is 15.4 Å². The minimum absolute atomic E-state index is 0.0802. The Kier molecular flexibility index (Phi) is 4.17. The maximum Gasteiger partial charge on any atom is 0.253 e. The van der Waals surface area contributed by atoms with Gasteiger partial charge < -0.3 is 4.90 Å². The first-order valence-electron chi connectivity index (χ1n) is 8.70. The molecule has 1 aliphatic heterocycles. The number of aromatic amines is 1. The second kappa shape index (κ2) is 6.63. The SMILES string of the molecule is Cc1ccc(C[C@H]2CCCN(C(=O)c3ccc4n[nH]nc4c3)C2)cn1. The van der Waals surface area contributed by atoms with Crippen LogP contribution in [0.1, 0.15) is 34.5 Å². The number of rotatable bonds is 3. The summed E-state index contributed by atoms with van der Waals surface area (Å²) in [4.78, 5) is 19.2. The van der Waals surface area contributed by atoms with E-state index in [2.05, 4.69) is 26.5 Å². The van der Waals surface area contributed by atoms with Crippen molar-refractivity contribution in [3.63, 3.8) is 0 Å². The van der Waals surface area contributed by atoms with Crippen molar-refractivity contribution in [2.45, 2.75) is 26.2 Å². The number of hydrogen-bond donors (Lipinski definition) is 1. The van der Waals surface area contributed by atoms with E-state index < -0.39 is 0 Å². The van der Waals surface area contributed by atoms with Gasteiger partial charge in [0.05, 0.1) is 0 Å². The lowest BCUT2D eigenvalue weighted by Crippen LogP contribution is -2.40. The third-order valence-electron chi connectivity index (χ3n) is 4.87. The maximum atomic E-state index is 12.9. The zero-order valence-electron chi connectivity index (χ0n) is 14.3. The number of fused-ring (bicyclic) bond motifs is 1. The minimum atomic E-state index is 0.0802. The van der Waals surface area contributed by atoms with Gasteiger partial charge in [-0.05, 0) is 61.9 Å². The van der Waals surface area contributed by atoms with Crippen LogP contribution in [-0.2, 0) is 6.42 Å². The summed E-state index contributed by atoms with van der Waals surface area (Å²) in [6, 6.07) is 9.68. The number of aromatic nitrogens is 4. The van der Waals surface area contributed by atoms with E-state index in [9.17, 15) is 4.79 Å². The molecule has 25 heavy (non-hydrogen) atoms. The number of benzene rings is 1. The number of hydrogen-bond acceptors (Lipinski definition) is 4. The summed E-state index contributed by atoms with van der Waals surface area (Å²) in [5.74, 6) is 0.564. The Bertz CT molecular complexity index is 886. The zero-order chi connectivity index (χ0) is 17.2. The van der Waals surface area contributed by atoms with Gasteiger partial charge in [0.15, 0.2) is 0 Å². The molecule has 1 aromatic carbocycles. The fourth-order valence-corrected chi connectivity index (χ4v) is 3.52. The van der Waals surface area contributed by atoms with Crippen LogP contribution in [0.4, 0.5) is 0 Å². The molecule has 1 fully saturated rings. The van der Waals surface area contributed by atoms with Crippen molar-refractivity contribution >= 4 is 16.9 Å². The summed E-state index contributed by atoms with van der Waals surface area (Å²) in [5.41, 5.74) is 4.46. The first kappa shape index (κ1) is 15.7. The molecule has 0 radical (unpaired) electrons. The molecule has 0 bridgehead atoms. The number of nitrogens with zero attached hydrogens (tertiary/aromatic N) is 4. The lowest BCUT2D eigenvalue weighted by Gasteiger charge is -2.33. The van der Waals surface area contributed by atoms with Gasteiger partial charge in [0, 0.05) is 30.5 Å². The molecule has 3 aromatic rings. The lowest BCUT2D eigenvalue weighted by atomic mass is 9.91. The van der Waals surface area contributed by atoms with Crippen molar-refractivity contribution in [3.05, 3.63) is 53.3 Å². The van der Waals surface area contributed by atoms with Crippen LogP contribution in [0.5, 0.6) is 0 Å². The van der Waals surface area contributed by atoms with E-state index in [0.29, 0.717) is 11.5 Å². The number of pyridine rings is 1. The van der Waals surface area contributed by atoms with Gasteiger partial charge in [-0.3, -0.25) is 9.78 Å². The van der Waals surface area contributed by atoms with Crippen LogP contribution in [0.3, 0.4) is 0 Å². The summed E-state index contributed by atoms with van der Waals surface area (Å²) >= 11 is 0. The Morgan fingerprint density at radius 1 is 1.24 bits per heavy atom. The van der Waals surface area contributed by atoms with Gasteiger partial charge in [-0.25, -0.2) is 0 Å². The molecular weight excluding hydrogens is 314 g/mol. The summed E-state index contributed by atoms with van der Waals surface area (Å²) < 4.78 is 0. The highest BCUT2D eigenvalue weighted by molar-refractivity contribution is 5.97. The molecular formula is C19H21N5O. The van der Waals surface area contributed by atoms with E-state index in [1.807, 2.05) is 42.3 Å². The van der Waals surface area contributed by atoms with E-state index in [1.54, 1.807) is 0 Å². The average molecular weight is 335 g/mol. The van der Waals surface area contributed by atoms with Crippen LogP contribution in [0.2, 0.25) is 0 Å². The van der Waals surface area contributed by atoms with Crippen molar-refractivity contribution in [3.8, 4) is 0 Å². The maximum absolute atomic E-state index is 12.9. The third kappa shape index (κ3) is 3.38. The van der Waals surface area contributed by atoms with Crippen LogP contribution >= 0.6 is 0 Å². The van der Waals surface area contributed by atoms with Gasteiger partial charge >= 0.3 is 0 Å². The number of amides is 1. The molecule has 1 atom stereocenters. The largest absolute Gasteiger partial charge is 0.338 e. The van der Waals surface area contributed by atoms with Crippen molar-refractivity contribution in [2.75, 3.05) is 13.1 Å². The van der Waals surface area contributed by atoms with Crippen LogP contribution in [-0.4, -0.2) is 44.3 Å². The predicted octanol–water partition coefficient (Wildman–Crippen LogP) is 2.76. The van der Waals surface area contributed by atoms with Gasteiger partial charge in [-0.15, -0.1) is 0 Å². The Balaban J connectivity index is 1.46. The van der Waals surface area contributed by atoms with Crippen LogP contribution in [0.15, 0.2) is 36.5 Å². The number of piperidine rings is 1. The van der Waals surface area contributed by atoms with Gasteiger partial charge in [0.2, 0.25) is 0 Å². The van der Waals surface area contributed by atoms with Crippen molar-refractivity contribution in [1.82, 2.24) is 25.3 Å². The lowest BCUT2D eigenvalue weighted by molar-refractivity contribution is 0.0673. The molecule has 1 N–H and O–H groups in total. The topological polar surface area (TPSA) is 74.8 Å². The van der Waals surface area contributed by atoms with E-state index in [1.165, 1.54) is 5.56 Å². The van der Waals surface area contributed by atoms with Gasteiger partial charge in [0.1, 0.15) is 11.0 Å². The van der Waals surface area contributed by atoms with Crippen molar-refractivity contribution < 1.29 is 4.79 Å². The normalized spacial score (nSPS) is 17.8. The molecule has 6 nitrogen and oxygen atoms in total. The fourth-order valence-electron chi connectivity index (χ4n) is 3.52. The van der Waals surface area contributed by atoms with E-state index >= 15 is 0 Å². The van der Waals surface area contributed by atoms with Crippen LogP contribution in [0.25, 0.3) is 11.0 Å². The van der Waals surface area contributed by atoms with Crippen molar-refractivity contribution in [1.29, 1.82) is 0 Å². The second-order valence-corrected chi connectivity index (χ2v) is 6.80. The van der Waals surface area contributed by atoms with Gasteiger partial charge in [0.25, 0.3) is 5.91 Å². The molecule has 1 aliphatic rings. The molecule has 1 amide bonds. The molecule has 0 saturated carbocycles. The third-order valence-corrected chi connectivity index (χ3v) is 4.87. The molecule has 0 unspecified atom stereocenters. The summed E-state index contributed by atoms with van der Waals surface area (Å²) in [5, 5.41) is 10.7. The quantitative estimate of drug-likeness (QED) is 0.798. The van der Waals surface area contributed by atoms with Crippen LogP contribution in [0, 0.1) is 12.8 Å². The second-order valence-electron chi connectivity index (χ2n) is 6.80. The zero-order valence-corrected chi connectivity index (χ0v) is 14.3. The number of likely N-dealkylation sites (tertiary alicyclic amines) is 1. The Hall–Kier alpha value is -2.76. The molecule has 3 heterocycles. The monoisotopic (exact) mass is 335 g/mol. The highest BCUT2D eigenvalue weighted by Gasteiger charge is 2.25. The molecule has 2 aromatic heterocycles. The smallest absolute Gasteiger partial charge is 0.253 e. The van der Waals surface area contributed by atoms with E-state index in [4.69, 9.17) is 0 Å². The fraction of sp³-hybridized carbons (Fsp3) is 0.368. The highest BCUT2D eigenvalue weighted by Crippen LogP contribution is 2.23. The molecule has 4 rings (SSSR count). The first-order valence-corrected chi connectivity index (χ1v) is 8.70. The number of carbonyl (C=O) groups is 1. The highest BCUT2D eigenvalue weighted by atomic mass is 16.2. The van der Waals surface area contributed by atoms with Gasteiger partial charge in [-0.1, -0.05) is 6.07 Å². The van der Waals surface area contributed by atoms with Crippen LogP contribution < -0.4 is 0 Å². The molecule has 6 heteroatoms. The number of carbonyl (C=O) groups excluding carboxylic acids is 1. The average Bonchev–Trinajstić information content (AvgIpc) is 3.11. The summed E-state index contributed by atoms with van der Waals surface area (Å²) in [7, 11) is 0. The number of H-pyrrole nitrogens is 1. The standard InChI is InChI=1S/C19H21N5O/c1-13-4-5-14(11-20-13)9-15-3-2-8-24(12-15)19(25)16-6-7-17-18(10-16)22-23-21-17/h4-7,10-11,15H,2-3,8-9,12H2,1H3,(H,21,22,23)/t15-/m1/s1. The summed E-state index contributed by atoms with van der Waals surface area (Å²) in [6.07, 6.45) is 5.12. The Labute approximate surface area is 146 Å². The molecule has 0 aliphatic carbocycles. The first-order chi connectivity index (χ1) is 12.2. The summed E-state index contributed by atoms with van der Waals surface area (Å²) in [6.45, 7) is 3.61.